The van der Waals surface area contributed by atoms with E-state index in [9.17, 15) is 14.7 Å². The predicted molar refractivity (Wildman–Crippen MR) is 139 cm³/mol. The number of aromatic hydroxyl groups is 1. The Morgan fingerprint density at radius 1 is 1.17 bits per heavy atom. The third kappa shape index (κ3) is 3.99. The Morgan fingerprint density at radius 2 is 1.97 bits per heavy atom. The maximum absolute atomic E-state index is 13.9. The molecule has 182 valence electrons. The molecule has 4 aromatic rings. The smallest absolute Gasteiger partial charge is 0.338 e. The van der Waals surface area contributed by atoms with Crippen LogP contribution in [0.5, 0.6) is 11.5 Å². The van der Waals surface area contributed by atoms with Gasteiger partial charge in [0.15, 0.2) is 4.80 Å². The van der Waals surface area contributed by atoms with E-state index < -0.39 is 12.0 Å². The lowest BCUT2D eigenvalue weighted by Gasteiger charge is -2.27. The molecule has 1 unspecified atom stereocenters. The molecule has 0 amide bonds. The highest BCUT2D eigenvalue weighted by Crippen LogP contribution is 2.40. The summed E-state index contributed by atoms with van der Waals surface area (Å²) in [5.41, 5.74) is 1.86. The van der Waals surface area contributed by atoms with E-state index in [0.717, 1.165) is 10.8 Å². The fraction of sp³-hybridized carbons (Fsp3) is 0.179. The quantitative estimate of drug-likeness (QED) is 0.423. The third-order valence-electron chi connectivity index (χ3n) is 6.11. The first kappa shape index (κ1) is 23.6. The summed E-state index contributed by atoms with van der Waals surface area (Å²) in [5.74, 6) is 0.133. The van der Waals surface area contributed by atoms with Crippen molar-refractivity contribution in [1.29, 1.82) is 0 Å². The lowest BCUT2D eigenvalue weighted by Crippen LogP contribution is -2.40. The van der Waals surface area contributed by atoms with Crippen molar-refractivity contribution in [3.8, 4) is 11.5 Å². The number of carbonyl (C=O) groups excluding carboxylic acids is 1. The fourth-order valence-corrected chi connectivity index (χ4v) is 5.61. The van der Waals surface area contributed by atoms with Crippen molar-refractivity contribution >= 4 is 34.2 Å². The maximum Gasteiger partial charge on any atom is 0.338 e. The van der Waals surface area contributed by atoms with E-state index in [4.69, 9.17) is 9.47 Å². The summed E-state index contributed by atoms with van der Waals surface area (Å²) >= 11 is 1.23. The van der Waals surface area contributed by atoms with Gasteiger partial charge in [-0.2, -0.15) is 0 Å². The molecule has 0 aliphatic carbocycles. The van der Waals surface area contributed by atoms with Gasteiger partial charge < -0.3 is 14.6 Å². The third-order valence-corrected chi connectivity index (χ3v) is 7.09. The van der Waals surface area contributed by atoms with E-state index in [1.807, 2.05) is 36.4 Å². The van der Waals surface area contributed by atoms with Crippen molar-refractivity contribution in [3.05, 3.63) is 103 Å². The minimum Gasteiger partial charge on any atom is -0.508 e. The number of aromatic nitrogens is 1. The molecular formula is C28H24N2O5S. The Hall–Kier alpha value is -4.17. The van der Waals surface area contributed by atoms with E-state index >= 15 is 0 Å². The molecule has 2 heterocycles. The second-order valence-corrected chi connectivity index (χ2v) is 9.31. The van der Waals surface area contributed by atoms with Gasteiger partial charge in [0.25, 0.3) is 5.56 Å². The zero-order valence-electron chi connectivity index (χ0n) is 20.0. The average Bonchev–Trinajstić information content (AvgIpc) is 3.16. The minimum atomic E-state index is -0.798. The number of methoxy groups -OCH3 is 1. The molecule has 1 aromatic heterocycles. The second-order valence-electron chi connectivity index (χ2n) is 8.30. The second kappa shape index (κ2) is 9.47. The van der Waals surface area contributed by atoms with Gasteiger partial charge in [0.1, 0.15) is 17.5 Å². The largest absolute Gasteiger partial charge is 0.508 e. The first-order valence-electron chi connectivity index (χ1n) is 11.5. The molecule has 0 radical (unpaired) electrons. The van der Waals surface area contributed by atoms with Gasteiger partial charge in [-0.1, -0.05) is 53.8 Å². The van der Waals surface area contributed by atoms with Crippen LogP contribution in [-0.2, 0) is 9.53 Å². The number of hydrogen-bond acceptors (Lipinski definition) is 7. The highest BCUT2D eigenvalue weighted by Gasteiger charge is 2.36. The first-order chi connectivity index (χ1) is 17.4. The Bertz CT molecular complexity index is 1710. The van der Waals surface area contributed by atoms with E-state index in [0.29, 0.717) is 37.5 Å². The number of esters is 1. The summed E-state index contributed by atoms with van der Waals surface area (Å²) in [7, 11) is 1.57. The maximum atomic E-state index is 13.9. The van der Waals surface area contributed by atoms with E-state index in [2.05, 4.69) is 4.99 Å². The number of benzene rings is 3. The number of fused-ring (bicyclic) bond motifs is 2. The van der Waals surface area contributed by atoms with Crippen LogP contribution < -0.4 is 19.6 Å². The van der Waals surface area contributed by atoms with Crippen LogP contribution in [0, 0.1) is 0 Å². The highest BCUT2D eigenvalue weighted by atomic mass is 32.1. The van der Waals surface area contributed by atoms with Gasteiger partial charge in [-0.15, -0.1) is 0 Å². The monoisotopic (exact) mass is 500 g/mol. The summed E-state index contributed by atoms with van der Waals surface area (Å²) in [5, 5.41) is 11.7. The van der Waals surface area contributed by atoms with Gasteiger partial charge in [0.05, 0.1) is 29.5 Å². The summed E-state index contributed by atoms with van der Waals surface area (Å²) in [6.07, 6.45) is 1.71. The van der Waals surface area contributed by atoms with Crippen molar-refractivity contribution in [3.63, 3.8) is 0 Å². The Labute approximate surface area is 210 Å². The zero-order chi connectivity index (χ0) is 25.4. The molecule has 1 atom stereocenters. The van der Waals surface area contributed by atoms with Crippen LogP contribution in [0.1, 0.15) is 31.0 Å². The molecule has 0 spiro atoms. The molecule has 0 fully saturated rings. The zero-order valence-corrected chi connectivity index (χ0v) is 20.8. The summed E-state index contributed by atoms with van der Waals surface area (Å²) < 4.78 is 13.1. The van der Waals surface area contributed by atoms with Gasteiger partial charge in [-0.25, -0.2) is 9.79 Å². The number of hydrogen-bond donors (Lipinski definition) is 1. The number of phenols is 1. The van der Waals surface area contributed by atoms with Gasteiger partial charge in [-0.05, 0) is 54.5 Å². The predicted octanol–water partition coefficient (Wildman–Crippen LogP) is 3.67. The van der Waals surface area contributed by atoms with Crippen molar-refractivity contribution in [2.75, 3.05) is 13.7 Å². The number of phenolic OH excluding ortho intramolecular Hbond substituents is 1. The molecule has 0 bridgehead atoms. The van der Waals surface area contributed by atoms with Gasteiger partial charge in [0, 0.05) is 5.56 Å². The van der Waals surface area contributed by atoms with Crippen LogP contribution in [0.25, 0.3) is 16.8 Å². The van der Waals surface area contributed by atoms with Gasteiger partial charge in [-0.3, -0.25) is 9.36 Å². The number of nitrogens with zero attached hydrogens (tertiary/aromatic N) is 2. The number of carbonyl (C=O) groups is 1. The molecule has 1 aliphatic heterocycles. The van der Waals surface area contributed by atoms with E-state index in [1.165, 1.54) is 11.3 Å². The standard InChI is InChI=1S/C28H24N2O5S/c1-4-35-27(33)23-16(2)29-28-30(26(32)22(36-28)15-17-8-7-10-19(31)14-17)25(23)24-20-11-6-5-9-18(20)12-13-21(24)34-3/h5-15,25,31H,4H2,1-3H3. The molecule has 1 N–H and O–H groups in total. The summed E-state index contributed by atoms with van der Waals surface area (Å²) in [4.78, 5) is 32.2. The van der Waals surface area contributed by atoms with E-state index in [1.54, 1.807) is 55.9 Å². The fourth-order valence-electron chi connectivity index (χ4n) is 4.57. The molecule has 36 heavy (non-hydrogen) atoms. The summed E-state index contributed by atoms with van der Waals surface area (Å²) in [6.45, 7) is 3.69. The van der Waals surface area contributed by atoms with Crippen LogP contribution in [-0.4, -0.2) is 29.4 Å². The molecule has 0 saturated heterocycles. The number of rotatable bonds is 5. The van der Waals surface area contributed by atoms with Crippen molar-refractivity contribution in [2.24, 2.45) is 4.99 Å². The van der Waals surface area contributed by atoms with Gasteiger partial charge >= 0.3 is 5.97 Å². The molecule has 8 heteroatoms. The Kier molecular flexibility index (Phi) is 6.20. The van der Waals surface area contributed by atoms with Crippen molar-refractivity contribution in [1.82, 2.24) is 4.57 Å². The lowest BCUT2D eigenvalue weighted by atomic mass is 9.90. The number of allylic oxidation sites excluding steroid dienone is 1. The molecule has 1 aliphatic rings. The van der Waals surface area contributed by atoms with Crippen LogP contribution in [0.3, 0.4) is 0 Å². The topological polar surface area (TPSA) is 90.1 Å². The molecular weight excluding hydrogens is 476 g/mol. The minimum absolute atomic E-state index is 0.107. The number of thiazole rings is 1. The van der Waals surface area contributed by atoms with Crippen molar-refractivity contribution < 1.29 is 19.4 Å². The van der Waals surface area contributed by atoms with Crippen molar-refractivity contribution in [2.45, 2.75) is 19.9 Å². The molecule has 7 nitrogen and oxygen atoms in total. The first-order valence-corrected chi connectivity index (χ1v) is 12.3. The normalized spacial score (nSPS) is 15.5. The van der Waals surface area contributed by atoms with Crippen LogP contribution in [0.2, 0.25) is 0 Å². The SMILES string of the molecule is CCOC(=O)C1=C(C)N=c2sc(=Cc3cccc(O)c3)c(=O)n2C1c1c(OC)ccc2ccccc12. The Balaban J connectivity index is 1.86. The average molecular weight is 501 g/mol. The van der Waals surface area contributed by atoms with Gasteiger partial charge in [0.2, 0.25) is 0 Å². The molecule has 3 aromatic carbocycles. The highest BCUT2D eigenvalue weighted by molar-refractivity contribution is 7.07. The summed E-state index contributed by atoms with van der Waals surface area (Å²) in [6, 6.07) is 17.4. The van der Waals surface area contributed by atoms with Crippen LogP contribution >= 0.6 is 11.3 Å². The van der Waals surface area contributed by atoms with Crippen LogP contribution in [0.15, 0.2) is 81.7 Å². The van der Waals surface area contributed by atoms with Crippen LogP contribution in [0.4, 0.5) is 0 Å². The molecule has 0 saturated carbocycles. The Morgan fingerprint density at radius 3 is 2.72 bits per heavy atom. The molecule has 5 rings (SSSR count). The van der Waals surface area contributed by atoms with E-state index in [-0.39, 0.29) is 17.9 Å². The lowest BCUT2D eigenvalue weighted by molar-refractivity contribution is -0.139. The number of ether oxygens (including phenoxy) is 2.